The van der Waals surface area contributed by atoms with E-state index in [2.05, 4.69) is 27.8 Å². The monoisotopic (exact) mass is 413 g/mol. The van der Waals surface area contributed by atoms with Crippen molar-refractivity contribution in [3.05, 3.63) is 35.9 Å². The normalized spacial score (nSPS) is 19.8. The fraction of sp³-hybridized carbons (Fsp3) is 0.609. The maximum Gasteiger partial charge on any atom is 0.244 e. The van der Waals surface area contributed by atoms with Gasteiger partial charge in [-0.3, -0.25) is 9.59 Å². The molecule has 2 N–H and O–H groups in total. The predicted molar refractivity (Wildman–Crippen MR) is 119 cm³/mol. The number of carbonyl (C=O) groups excluding carboxylic acids is 2. The molecule has 0 radical (unpaired) electrons. The molecule has 1 aromatic rings. The molecule has 0 spiro atoms. The van der Waals surface area contributed by atoms with E-state index < -0.39 is 0 Å². The van der Waals surface area contributed by atoms with Crippen molar-refractivity contribution >= 4 is 17.8 Å². The largest absolute Gasteiger partial charge is 0.357 e. The van der Waals surface area contributed by atoms with Gasteiger partial charge in [-0.15, -0.1) is 0 Å². The lowest BCUT2D eigenvalue weighted by Crippen LogP contribution is -2.42. The third-order valence-electron chi connectivity index (χ3n) is 5.79. The van der Waals surface area contributed by atoms with Gasteiger partial charge in [-0.2, -0.15) is 0 Å². The standard InChI is InChI=1S/C23H35N5O2/c1-2-24-23(26-17-22(30)27-12-7-4-8-13-27)25-16-20-15-21(29)28(18-20)14-11-19-9-5-3-6-10-19/h3,5-6,9-10,20H,2,4,7-8,11-18H2,1H3,(H2,24,25,26). The number of likely N-dealkylation sites (tertiary alicyclic amines) is 2. The van der Waals surface area contributed by atoms with Crippen LogP contribution < -0.4 is 10.6 Å². The lowest BCUT2D eigenvalue weighted by molar-refractivity contribution is -0.130. The van der Waals surface area contributed by atoms with E-state index in [0.717, 1.165) is 52.0 Å². The zero-order chi connectivity index (χ0) is 21.2. The number of nitrogens with zero attached hydrogens (tertiary/aromatic N) is 3. The second-order valence-electron chi connectivity index (χ2n) is 8.16. The summed E-state index contributed by atoms with van der Waals surface area (Å²) in [6.07, 6.45) is 4.83. The first-order valence-corrected chi connectivity index (χ1v) is 11.3. The summed E-state index contributed by atoms with van der Waals surface area (Å²) < 4.78 is 0. The van der Waals surface area contributed by atoms with Crippen molar-refractivity contribution in [2.45, 2.75) is 39.0 Å². The summed E-state index contributed by atoms with van der Waals surface area (Å²) in [6.45, 7) is 6.81. The van der Waals surface area contributed by atoms with E-state index in [1.165, 1.54) is 12.0 Å². The fourth-order valence-electron chi connectivity index (χ4n) is 4.09. The Morgan fingerprint density at radius 3 is 2.63 bits per heavy atom. The molecule has 7 heteroatoms. The van der Waals surface area contributed by atoms with E-state index in [1.54, 1.807) is 0 Å². The first-order valence-electron chi connectivity index (χ1n) is 11.3. The highest BCUT2D eigenvalue weighted by molar-refractivity contribution is 5.85. The van der Waals surface area contributed by atoms with Gasteiger partial charge in [-0.25, -0.2) is 4.99 Å². The van der Waals surface area contributed by atoms with Gasteiger partial charge in [-0.05, 0) is 38.2 Å². The minimum absolute atomic E-state index is 0.0926. The highest BCUT2D eigenvalue weighted by atomic mass is 16.2. The van der Waals surface area contributed by atoms with Crippen molar-refractivity contribution in [3.63, 3.8) is 0 Å². The van der Waals surface area contributed by atoms with E-state index in [0.29, 0.717) is 18.9 Å². The SMILES string of the molecule is CCNC(=NCC(=O)N1CCCCC1)NCC1CC(=O)N(CCc2ccccc2)C1. The molecule has 0 aromatic heterocycles. The van der Waals surface area contributed by atoms with E-state index in [1.807, 2.05) is 34.9 Å². The molecule has 2 heterocycles. The molecule has 0 bridgehead atoms. The molecule has 1 unspecified atom stereocenters. The Balaban J connectivity index is 1.43. The van der Waals surface area contributed by atoms with Crippen LogP contribution in [0.1, 0.15) is 38.2 Å². The third-order valence-corrected chi connectivity index (χ3v) is 5.79. The van der Waals surface area contributed by atoms with E-state index in [9.17, 15) is 9.59 Å². The second-order valence-corrected chi connectivity index (χ2v) is 8.16. The molecule has 2 amide bonds. The summed E-state index contributed by atoms with van der Waals surface area (Å²) in [5.74, 6) is 1.22. The van der Waals surface area contributed by atoms with Crippen LogP contribution in [0.5, 0.6) is 0 Å². The Morgan fingerprint density at radius 2 is 1.90 bits per heavy atom. The van der Waals surface area contributed by atoms with Crippen LogP contribution in [-0.2, 0) is 16.0 Å². The highest BCUT2D eigenvalue weighted by Gasteiger charge is 2.29. The zero-order valence-electron chi connectivity index (χ0n) is 18.1. The molecule has 2 fully saturated rings. The third kappa shape index (κ3) is 6.75. The van der Waals surface area contributed by atoms with Crippen LogP contribution in [0.3, 0.4) is 0 Å². The molecule has 3 rings (SSSR count). The number of nitrogens with one attached hydrogen (secondary N) is 2. The zero-order valence-corrected chi connectivity index (χ0v) is 18.1. The topological polar surface area (TPSA) is 77.0 Å². The average Bonchev–Trinajstić information content (AvgIpc) is 3.14. The van der Waals surface area contributed by atoms with Gasteiger partial charge < -0.3 is 20.4 Å². The first-order chi connectivity index (χ1) is 14.7. The molecule has 0 saturated carbocycles. The summed E-state index contributed by atoms with van der Waals surface area (Å²) in [6, 6.07) is 10.3. The summed E-state index contributed by atoms with van der Waals surface area (Å²) in [5, 5.41) is 6.53. The number of hydrogen-bond donors (Lipinski definition) is 2. The van der Waals surface area contributed by atoms with Crippen LogP contribution in [0, 0.1) is 5.92 Å². The van der Waals surface area contributed by atoms with Gasteiger partial charge in [-0.1, -0.05) is 30.3 Å². The van der Waals surface area contributed by atoms with Gasteiger partial charge in [0.2, 0.25) is 11.8 Å². The molecule has 1 atom stereocenters. The van der Waals surface area contributed by atoms with Crippen molar-refractivity contribution in [2.24, 2.45) is 10.9 Å². The molecule has 2 saturated heterocycles. The van der Waals surface area contributed by atoms with Gasteiger partial charge in [0.05, 0.1) is 0 Å². The summed E-state index contributed by atoms with van der Waals surface area (Å²) in [5.41, 5.74) is 1.26. The average molecular weight is 414 g/mol. The van der Waals surface area contributed by atoms with Crippen molar-refractivity contribution in [2.75, 3.05) is 45.8 Å². The number of carbonyl (C=O) groups is 2. The van der Waals surface area contributed by atoms with Crippen molar-refractivity contribution in [3.8, 4) is 0 Å². The summed E-state index contributed by atoms with van der Waals surface area (Å²) in [7, 11) is 0. The smallest absolute Gasteiger partial charge is 0.244 e. The number of guanidine groups is 1. The van der Waals surface area contributed by atoms with Gasteiger partial charge in [0.15, 0.2) is 5.96 Å². The molecular weight excluding hydrogens is 378 g/mol. The van der Waals surface area contributed by atoms with Crippen molar-refractivity contribution < 1.29 is 9.59 Å². The lowest BCUT2D eigenvalue weighted by Gasteiger charge is -2.26. The number of hydrogen-bond acceptors (Lipinski definition) is 3. The quantitative estimate of drug-likeness (QED) is 0.502. The maximum atomic E-state index is 12.4. The van der Waals surface area contributed by atoms with Gasteiger partial charge in [0.1, 0.15) is 6.54 Å². The Hall–Kier alpha value is -2.57. The number of rotatable bonds is 8. The van der Waals surface area contributed by atoms with Crippen LogP contribution >= 0.6 is 0 Å². The number of benzene rings is 1. The van der Waals surface area contributed by atoms with Crippen molar-refractivity contribution in [1.29, 1.82) is 0 Å². The van der Waals surface area contributed by atoms with Gasteiger partial charge in [0, 0.05) is 51.6 Å². The molecule has 164 valence electrons. The maximum absolute atomic E-state index is 12.4. The molecule has 0 aliphatic carbocycles. The van der Waals surface area contributed by atoms with Crippen LogP contribution in [-0.4, -0.2) is 73.4 Å². The Kier molecular flexibility index (Phi) is 8.53. The second kappa shape index (κ2) is 11.6. The Bertz CT molecular complexity index is 716. The summed E-state index contributed by atoms with van der Waals surface area (Å²) >= 11 is 0. The fourth-order valence-corrected chi connectivity index (χ4v) is 4.09. The van der Waals surface area contributed by atoms with E-state index >= 15 is 0 Å². The number of aliphatic imine (C=N–C) groups is 1. The Morgan fingerprint density at radius 1 is 1.13 bits per heavy atom. The van der Waals surface area contributed by atoms with Crippen molar-refractivity contribution in [1.82, 2.24) is 20.4 Å². The molecule has 1 aromatic carbocycles. The predicted octanol–water partition coefficient (Wildman–Crippen LogP) is 1.65. The van der Waals surface area contributed by atoms with E-state index in [4.69, 9.17) is 0 Å². The molecular formula is C23H35N5O2. The van der Waals surface area contributed by atoms with Crippen LogP contribution in [0.2, 0.25) is 0 Å². The van der Waals surface area contributed by atoms with E-state index in [-0.39, 0.29) is 24.3 Å². The van der Waals surface area contributed by atoms with Gasteiger partial charge >= 0.3 is 0 Å². The molecule has 30 heavy (non-hydrogen) atoms. The van der Waals surface area contributed by atoms with Gasteiger partial charge in [0.25, 0.3) is 0 Å². The lowest BCUT2D eigenvalue weighted by atomic mass is 10.1. The minimum Gasteiger partial charge on any atom is -0.357 e. The minimum atomic E-state index is 0.0926. The summed E-state index contributed by atoms with van der Waals surface area (Å²) in [4.78, 5) is 33.1. The number of piperidine rings is 1. The van der Waals surface area contributed by atoms with Crippen LogP contribution in [0.15, 0.2) is 35.3 Å². The Labute approximate surface area is 179 Å². The molecule has 7 nitrogen and oxygen atoms in total. The number of amides is 2. The highest BCUT2D eigenvalue weighted by Crippen LogP contribution is 2.17. The van der Waals surface area contributed by atoms with Crippen LogP contribution in [0.4, 0.5) is 0 Å². The van der Waals surface area contributed by atoms with Crippen LogP contribution in [0.25, 0.3) is 0 Å². The first kappa shape index (κ1) is 22.1. The molecule has 2 aliphatic rings. The molecule has 2 aliphatic heterocycles.